The Balaban J connectivity index is 2.36. The van der Waals surface area contributed by atoms with Gasteiger partial charge in [0.05, 0.1) is 0 Å². The van der Waals surface area contributed by atoms with E-state index in [4.69, 9.17) is 0 Å². The Labute approximate surface area is 160 Å². The van der Waals surface area contributed by atoms with Crippen molar-refractivity contribution in [1.29, 1.82) is 0 Å². The maximum Gasteiger partial charge on any atom is 0.0331 e. The Morgan fingerprint density at radius 2 is 0.895 bits per heavy atom. The van der Waals surface area contributed by atoms with Crippen LogP contribution >= 0.6 is 101 Å². The maximum atomic E-state index is 4.40. The van der Waals surface area contributed by atoms with Crippen LogP contribution in [0.25, 0.3) is 0 Å². The summed E-state index contributed by atoms with van der Waals surface area (Å²) in [4.78, 5) is 4.05. The summed E-state index contributed by atoms with van der Waals surface area (Å²) in [5, 5.41) is 0. The molecule has 100 valence electrons. The SMILES string of the molecule is Sc1c(Br)cc(Sc2cc(Br)c(S)c(Br)c2)cc1Br. The van der Waals surface area contributed by atoms with Gasteiger partial charge in [0.15, 0.2) is 0 Å². The van der Waals surface area contributed by atoms with E-state index in [1.807, 2.05) is 24.3 Å². The van der Waals surface area contributed by atoms with Gasteiger partial charge >= 0.3 is 0 Å². The summed E-state index contributed by atoms with van der Waals surface area (Å²) in [6.45, 7) is 0. The maximum absolute atomic E-state index is 4.40. The summed E-state index contributed by atoms with van der Waals surface area (Å²) in [6.07, 6.45) is 0. The molecule has 0 aromatic heterocycles. The molecule has 0 radical (unpaired) electrons. The molecule has 0 fully saturated rings. The molecule has 0 N–H and O–H groups in total. The van der Waals surface area contributed by atoms with Crippen molar-refractivity contribution in [3.8, 4) is 0 Å². The molecule has 0 aliphatic heterocycles. The molecule has 0 amide bonds. The number of thiol groups is 2. The van der Waals surface area contributed by atoms with Crippen molar-refractivity contribution in [2.45, 2.75) is 19.6 Å². The van der Waals surface area contributed by atoms with E-state index in [1.54, 1.807) is 11.8 Å². The van der Waals surface area contributed by atoms with Crippen molar-refractivity contribution >= 4 is 101 Å². The summed E-state index contributed by atoms with van der Waals surface area (Å²) in [7, 11) is 0. The van der Waals surface area contributed by atoms with Crippen LogP contribution in [0, 0.1) is 0 Å². The minimum absolute atomic E-state index is 0.900. The van der Waals surface area contributed by atoms with E-state index < -0.39 is 0 Å². The van der Waals surface area contributed by atoms with E-state index in [0.29, 0.717) is 0 Å². The van der Waals surface area contributed by atoms with Crippen LogP contribution < -0.4 is 0 Å². The minimum Gasteiger partial charge on any atom is -0.141 e. The van der Waals surface area contributed by atoms with Gasteiger partial charge in [0, 0.05) is 37.5 Å². The molecule has 2 rings (SSSR count). The highest BCUT2D eigenvalue weighted by Crippen LogP contribution is 2.40. The summed E-state index contributed by atoms with van der Waals surface area (Å²) in [5.41, 5.74) is 0. The first-order valence-electron chi connectivity index (χ1n) is 4.92. The van der Waals surface area contributed by atoms with Gasteiger partial charge in [-0.1, -0.05) is 11.8 Å². The molecule has 0 saturated carbocycles. The standard InChI is InChI=1S/C12H6Br4S3/c13-7-1-5(2-8(14)11(7)17)19-6-3-9(15)12(18)10(16)4-6/h1-4,17-18H. The molecule has 0 nitrogen and oxygen atoms in total. The molecule has 0 bridgehead atoms. The molecule has 2 aromatic carbocycles. The van der Waals surface area contributed by atoms with E-state index in [0.717, 1.165) is 37.5 Å². The van der Waals surface area contributed by atoms with Gasteiger partial charge in [-0.2, -0.15) is 0 Å². The second-order valence-corrected chi connectivity index (χ2v) is 9.03. The Morgan fingerprint density at radius 3 is 1.16 bits per heavy atom. The van der Waals surface area contributed by atoms with Crippen molar-refractivity contribution in [2.24, 2.45) is 0 Å². The molecule has 0 atom stereocenters. The van der Waals surface area contributed by atoms with Crippen LogP contribution in [-0.4, -0.2) is 0 Å². The fourth-order valence-electron chi connectivity index (χ4n) is 1.34. The third kappa shape index (κ3) is 4.20. The lowest BCUT2D eigenvalue weighted by Gasteiger charge is -2.08. The summed E-state index contributed by atoms with van der Waals surface area (Å²) in [6, 6.07) is 8.20. The lowest BCUT2D eigenvalue weighted by atomic mass is 10.4. The number of rotatable bonds is 2. The Bertz CT molecular complexity index is 541. The summed E-state index contributed by atoms with van der Waals surface area (Å²) in [5.74, 6) is 0. The lowest BCUT2D eigenvalue weighted by molar-refractivity contribution is 1.25. The van der Waals surface area contributed by atoms with E-state index in [1.165, 1.54) is 0 Å². The van der Waals surface area contributed by atoms with Crippen molar-refractivity contribution in [2.75, 3.05) is 0 Å². The summed E-state index contributed by atoms with van der Waals surface area (Å²) < 4.78 is 3.88. The van der Waals surface area contributed by atoms with Gasteiger partial charge in [-0.3, -0.25) is 0 Å². The highest BCUT2D eigenvalue weighted by molar-refractivity contribution is 9.11. The quantitative estimate of drug-likeness (QED) is 0.356. The predicted molar refractivity (Wildman–Crippen MR) is 102 cm³/mol. The normalized spacial score (nSPS) is 10.8. The van der Waals surface area contributed by atoms with Crippen LogP contribution in [0.15, 0.2) is 61.7 Å². The van der Waals surface area contributed by atoms with E-state index >= 15 is 0 Å². The molecule has 2 aromatic rings. The van der Waals surface area contributed by atoms with Crippen LogP contribution in [-0.2, 0) is 0 Å². The largest absolute Gasteiger partial charge is 0.141 e. The third-order valence-electron chi connectivity index (χ3n) is 2.22. The first-order chi connectivity index (χ1) is 8.88. The van der Waals surface area contributed by atoms with Crippen LogP contribution in [0.5, 0.6) is 0 Å². The van der Waals surface area contributed by atoms with E-state index in [2.05, 4.69) is 89.0 Å². The number of halogens is 4. The zero-order chi connectivity index (χ0) is 14.2. The smallest absolute Gasteiger partial charge is 0.0331 e. The Morgan fingerprint density at radius 1 is 0.632 bits per heavy atom. The van der Waals surface area contributed by atoms with Crippen molar-refractivity contribution in [3.05, 3.63) is 42.2 Å². The Kier molecular flexibility index (Phi) is 6.28. The van der Waals surface area contributed by atoms with Crippen LogP contribution in [0.3, 0.4) is 0 Å². The third-order valence-corrected chi connectivity index (χ3v) is 7.85. The van der Waals surface area contributed by atoms with Gasteiger partial charge in [-0.15, -0.1) is 25.3 Å². The molecule has 0 aliphatic rings. The van der Waals surface area contributed by atoms with Gasteiger partial charge < -0.3 is 0 Å². The van der Waals surface area contributed by atoms with Crippen LogP contribution in [0.4, 0.5) is 0 Å². The second kappa shape index (κ2) is 7.11. The molecule has 0 unspecified atom stereocenters. The van der Waals surface area contributed by atoms with Gasteiger partial charge in [0.25, 0.3) is 0 Å². The molecular formula is C12H6Br4S3. The average molecular weight is 566 g/mol. The van der Waals surface area contributed by atoms with E-state index in [9.17, 15) is 0 Å². The second-order valence-electron chi connectivity index (χ2n) is 3.57. The minimum atomic E-state index is 0.900. The lowest BCUT2D eigenvalue weighted by Crippen LogP contribution is -1.81. The van der Waals surface area contributed by atoms with Gasteiger partial charge in [-0.05, 0) is 88.0 Å². The topological polar surface area (TPSA) is 0 Å². The molecule has 0 spiro atoms. The highest BCUT2D eigenvalue weighted by atomic mass is 79.9. The molecule has 7 heteroatoms. The van der Waals surface area contributed by atoms with E-state index in [-0.39, 0.29) is 0 Å². The molecule has 0 saturated heterocycles. The fraction of sp³-hybridized carbons (Fsp3) is 0. The number of hydrogen-bond acceptors (Lipinski definition) is 3. The Hall–Kier alpha value is 1.41. The van der Waals surface area contributed by atoms with Crippen molar-refractivity contribution in [1.82, 2.24) is 0 Å². The molecular weight excluding hydrogens is 560 g/mol. The number of benzene rings is 2. The molecule has 19 heavy (non-hydrogen) atoms. The zero-order valence-corrected chi connectivity index (χ0v) is 18.1. The first kappa shape index (κ1) is 16.8. The van der Waals surface area contributed by atoms with Gasteiger partial charge in [-0.25, -0.2) is 0 Å². The zero-order valence-electron chi connectivity index (χ0n) is 9.12. The fourth-order valence-corrected chi connectivity index (χ4v) is 5.55. The monoisotopic (exact) mass is 562 g/mol. The first-order valence-corrected chi connectivity index (χ1v) is 9.80. The average Bonchev–Trinajstić information content (AvgIpc) is 2.33. The van der Waals surface area contributed by atoms with Gasteiger partial charge in [0.2, 0.25) is 0 Å². The number of hydrogen-bond donors (Lipinski definition) is 2. The van der Waals surface area contributed by atoms with Crippen LogP contribution in [0.2, 0.25) is 0 Å². The van der Waals surface area contributed by atoms with Crippen LogP contribution in [0.1, 0.15) is 0 Å². The molecule has 0 aliphatic carbocycles. The van der Waals surface area contributed by atoms with Gasteiger partial charge in [0.1, 0.15) is 0 Å². The highest BCUT2D eigenvalue weighted by Gasteiger charge is 2.08. The van der Waals surface area contributed by atoms with Crippen molar-refractivity contribution in [3.63, 3.8) is 0 Å². The summed E-state index contributed by atoms with van der Waals surface area (Å²) >= 11 is 24.5. The predicted octanol–water partition coefficient (Wildman–Crippen LogP) is 7.47. The van der Waals surface area contributed by atoms with Crippen molar-refractivity contribution < 1.29 is 0 Å². The molecule has 0 heterocycles.